The fraction of sp³-hybridized carbons (Fsp3) is 0.500. The quantitative estimate of drug-likeness (QED) is 0.899. The predicted molar refractivity (Wildman–Crippen MR) is 65.5 cm³/mol. The molecule has 0 aliphatic carbocycles. The molecule has 2 fully saturated rings. The van der Waals surface area contributed by atoms with Crippen LogP contribution in [0.3, 0.4) is 0 Å². The first-order chi connectivity index (χ1) is 9.28. The van der Waals surface area contributed by atoms with Crippen molar-refractivity contribution in [2.45, 2.75) is 29.6 Å². The summed E-state index contributed by atoms with van der Waals surface area (Å²) in [5.74, 6) is 0. The normalized spacial score (nSPS) is 27.1. The minimum absolute atomic E-state index is 0.112. The topological polar surface area (TPSA) is 49.4 Å². The van der Waals surface area contributed by atoms with Gasteiger partial charge in [0, 0.05) is 25.2 Å². The van der Waals surface area contributed by atoms with Crippen molar-refractivity contribution in [3.8, 4) is 0 Å². The molecule has 1 N–H and O–H groups in total. The van der Waals surface area contributed by atoms with Crippen molar-refractivity contribution in [3.05, 3.63) is 29.8 Å². The van der Waals surface area contributed by atoms with E-state index < -0.39 is 21.8 Å². The van der Waals surface area contributed by atoms with E-state index in [-0.39, 0.29) is 17.0 Å². The number of piperazine rings is 1. The van der Waals surface area contributed by atoms with Gasteiger partial charge in [0.2, 0.25) is 10.0 Å². The molecule has 3 rings (SSSR count). The first kappa shape index (κ1) is 13.8. The van der Waals surface area contributed by atoms with Crippen molar-refractivity contribution in [2.24, 2.45) is 0 Å². The Bertz CT molecular complexity index is 630. The Morgan fingerprint density at radius 3 is 2.60 bits per heavy atom. The average Bonchev–Trinajstić information content (AvgIpc) is 3.00. The zero-order valence-electron chi connectivity index (χ0n) is 10.4. The third-order valence-corrected chi connectivity index (χ3v) is 5.69. The smallest absolute Gasteiger partial charge is 0.311 e. The lowest BCUT2D eigenvalue weighted by Gasteiger charge is -2.26. The van der Waals surface area contributed by atoms with Crippen molar-refractivity contribution >= 4 is 10.0 Å². The molecule has 0 spiro atoms. The van der Waals surface area contributed by atoms with Crippen molar-refractivity contribution < 1.29 is 21.6 Å². The molecule has 2 atom stereocenters. The Hall–Kier alpha value is -1.12. The van der Waals surface area contributed by atoms with Crippen LogP contribution in [-0.2, 0) is 16.2 Å². The number of nitrogens with zero attached hydrogens (tertiary/aromatic N) is 1. The molecule has 0 radical (unpaired) electrons. The molecular weight excluding hydrogens is 293 g/mol. The van der Waals surface area contributed by atoms with Crippen LogP contribution in [0.4, 0.5) is 13.2 Å². The molecule has 2 bridgehead atoms. The van der Waals surface area contributed by atoms with Gasteiger partial charge in [0.1, 0.15) is 0 Å². The Balaban J connectivity index is 1.96. The zero-order chi connectivity index (χ0) is 14.5. The molecule has 2 heterocycles. The fourth-order valence-corrected chi connectivity index (χ4v) is 4.51. The molecule has 110 valence electrons. The maximum atomic E-state index is 12.7. The zero-order valence-corrected chi connectivity index (χ0v) is 11.2. The average molecular weight is 306 g/mol. The van der Waals surface area contributed by atoms with Crippen LogP contribution in [-0.4, -0.2) is 37.9 Å². The molecule has 8 heteroatoms. The highest BCUT2D eigenvalue weighted by Gasteiger charge is 2.44. The second kappa shape index (κ2) is 4.44. The van der Waals surface area contributed by atoms with Crippen LogP contribution in [0.5, 0.6) is 0 Å². The summed E-state index contributed by atoms with van der Waals surface area (Å²) in [5, 5.41) is 3.16. The lowest BCUT2D eigenvalue weighted by molar-refractivity contribution is -0.137. The van der Waals surface area contributed by atoms with Gasteiger partial charge in [0.25, 0.3) is 0 Å². The summed E-state index contributed by atoms with van der Waals surface area (Å²) in [6.45, 7) is 0.881. The lowest BCUT2D eigenvalue weighted by Crippen LogP contribution is -2.46. The van der Waals surface area contributed by atoms with Gasteiger partial charge < -0.3 is 5.32 Å². The molecule has 4 nitrogen and oxygen atoms in total. The van der Waals surface area contributed by atoms with Crippen molar-refractivity contribution in [2.75, 3.05) is 13.1 Å². The second-order valence-corrected chi connectivity index (χ2v) is 6.99. The molecule has 20 heavy (non-hydrogen) atoms. The van der Waals surface area contributed by atoms with Crippen LogP contribution in [0.2, 0.25) is 0 Å². The van der Waals surface area contributed by atoms with Gasteiger partial charge in [-0.25, -0.2) is 8.42 Å². The molecule has 0 saturated carbocycles. The maximum Gasteiger partial charge on any atom is 0.416 e. The monoisotopic (exact) mass is 306 g/mol. The van der Waals surface area contributed by atoms with E-state index in [1.54, 1.807) is 0 Å². The van der Waals surface area contributed by atoms with Gasteiger partial charge in [-0.15, -0.1) is 0 Å². The van der Waals surface area contributed by atoms with Gasteiger partial charge in [-0.3, -0.25) is 0 Å². The summed E-state index contributed by atoms with van der Waals surface area (Å²) in [6.07, 6.45) is -3.82. The second-order valence-electron chi connectivity index (χ2n) is 5.10. The van der Waals surface area contributed by atoms with E-state index in [4.69, 9.17) is 0 Å². The van der Waals surface area contributed by atoms with Crippen LogP contribution < -0.4 is 5.32 Å². The van der Waals surface area contributed by atoms with Crippen LogP contribution in [0, 0.1) is 0 Å². The first-order valence-corrected chi connectivity index (χ1v) is 7.65. The SMILES string of the molecule is O=S(=O)(c1cccc(C(F)(F)F)c1)N1C[C@H]2C[C@@H]1CN2. The van der Waals surface area contributed by atoms with Gasteiger partial charge in [-0.05, 0) is 24.6 Å². The highest BCUT2D eigenvalue weighted by Crippen LogP contribution is 2.33. The third kappa shape index (κ3) is 2.21. The number of sulfonamides is 1. The lowest BCUT2D eigenvalue weighted by atomic mass is 10.2. The van der Waals surface area contributed by atoms with Gasteiger partial charge >= 0.3 is 6.18 Å². The molecule has 1 aromatic rings. The molecule has 2 aliphatic heterocycles. The Morgan fingerprint density at radius 2 is 2.05 bits per heavy atom. The summed E-state index contributed by atoms with van der Waals surface area (Å²) in [4.78, 5) is -0.292. The number of hydrogen-bond acceptors (Lipinski definition) is 3. The number of fused-ring (bicyclic) bond motifs is 2. The molecule has 0 unspecified atom stereocenters. The summed E-state index contributed by atoms with van der Waals surface area (Å²) in [5.41, 5.74) is -0.943. The number of benzene rings is 1. The Kier molecular flexibility index (Phi) is 3.07. The summed E-state index contributed by atoms with van der Waals surface area (Å²) >= 11 is 0. The van der Waals surface area contributed by atoms with Gasteiger partial charge in [-0.1, -0.05) is 6.07 Å². The number of alkyl halides is 3. The molecular formula is C12H13F3N2O2S. The number of hydrogen-bond donors (Lipinski definition) is 1. The molecule has 0 aromatic heterocycles. The van der Waals surface area contributed by atoms with E-state index in [2.05, 4.69) is 5.32 Å². The van der Waals surface area contributed by atoms with E-state index in [0.717, 1.165) is 18.6 Å². The molecule has 2 saturated heterocycles. The molecule has 2 aliphatic rings. The van der Waals surface area contributed by atoms with Crippen LogP contribution in [0.25, 0.3) is 0 Å². The minimum Gasteiger partial charge on any atom is -0.311 e. The fourth-order valence-electron chi connectivity index (χ4n) is 2.79. The number of rotatable bonds is 2. The summed E-state index contributed by atoms with van der Waals surface area (Å²) in [6, 6.07) is 3.87. The van der Waals surface area contributed by atoms with Gasteiger partial charge in [0.15, 0.2) is 0 Å². The summed E-state index contributed by atoms with van der Waals surface area (Å²) in [7, 11) is -3.86. The highest BCUT2D eigenvalue weighted by atomic mass is 32.2. The standard InChI is InChI=1S/C12H13F3N2O2S/c13-12(14,15)8-2-1-3-11(4-8)20(18,19)17-7-9-5-10(17)6-16-9/h1-4,9-10,16H,5-7H2/t9-,10-/m1/s1. The first-order valence-electron chi connectivity index (χ1n) is 6.21. The Morgan fingerprint density at radius 1 is 1.30 bits per heavy atom. The van der Waals surface area contributed by atoms with Crippen LogP contribution in [0.15, 0.2) is 29.2 Å². The van der Waals surface area contributed by atoms with Crippen LogP contribution >= 0.6 is 0 Å². The van der Waals surface area contributed by atoms with E-state index in [9.17, 15) is 21.6 Å². The van der Waals surface area contributed by atoms with Crippen molar-refractivity contribution in [3.63, 3.8) is 0 Å². The van der Waals surface area contributed by atoms with Crippen molar-refractivity contribution in [1.82, 2.24) is 9.62 Å². The number of halogens is 3. The van der Waals surface area contributed by atoms with E-state index in [0.29, 0.717) is 19.2 Å². The predicted octanol–water partition coefficient (Wildman–Crippen LogP) is 1.44. The number of nitrogens with one attached hydrogen (secondary N) is 1. The highest BCUT2D eigenvalue weighted by molar-refractivity contribution is 7.89. The molecule has 0 amide bonds. The largest absolute Gasteiger partial charge is 0.416 e. The van der Waals surface area contributed by atoms with Crippen molar-refractivity contribution in [1.29, 1.82) is 0 Å². The van der Waals surface area contributed by atoms with Gasteiger partial charge in [0.05, 0.1) is 10.5 Å². The van der Waals surface area contributed by atoms with Crippen LogP contribution in [0.1, 0.15) is 12.0 Å². The minimum atomic E-state index is -4.54. The third-order valence-electron chi connectivity index (χ3n) is 3.77. The maximum absolute atomic E-state index is 12.7. The van der Waals surface area contributed by atoms with E-state index >= 15 is 0 Å². The van der Waals surface area contributed by atoms with E-state index in [1.807, 2.05) is 0 Å². The molecule has 1 aromatic carbocycles. The van der Waals surface area contributed by atoms with E-state index in [1.165, 1.54) is 10.4 Å². The van der Waals surface area contributed by atoms with Gasteiger partial charge in [-0.2, -0.15) is 17.5 Å². The summed E-state index contributed by atoms with van der Waals surface area (Å²) < 4.78 is 64.2. The Labute approximate surface area is 114 Å².